The zero-order valence-corrected chi connectivity index (χ0v) is 14.6. The van der Waals surface area contributed by atoms with Gasteiger partial charge in [-0.2, -0.15) is 0 Å². The number of hydrogen-bond donors (Lipinski definition) is 2. The van der Waals surface area contributed by atoms with Gasteiger partial charge in [-0.3, -0.25) is 10.1 Å². The number of anilines is 1. The molecule has 1 amide bonds. The maximum atomic E-state index is 12.5. The molecule has 0 saturated heterocycles. The van der Waals surface area contributed by atoms with Crippen molar-refractivity contribution in [2.75, 3.05) is 11.9 Å². The van der Waals surface area contributed by atoms with Crippen LogP contribution < -0.4 is 10.6 Å². The van der Waals surface area contributed by atoms with E-state index >= 15 is 0 Å². The molecule has 126 valence electrons. The molecule has 0 unspecified atom stereocenters. The lowest BCUT2D eigenvalue weighted by molar-refractivity contribution is 0.102. The summed E-state index contributed by atoms with van der Waals surface area (Å²) in [6.45, 7) is 1.85. The van der Waals surface area contributed by atoms with Crippen molar-refractivity contribution in [1.29, 1.82) is 0 Å². The van der Waals surface area contributed by atoms with E-state index < -0.39 is 0 Å². The van der Waals surface area contributed by atoms with Gasteiger partial charge in [-0.15, -0.1) is 11.3 Å². The van der Waals surface area contributed by atoms with E-state index in [9.17, 15) is 4.79 Å². The second kappa shape index (κ2) is 7.17. The molecule has 2 heterocycles. The molecule has 0 saturated carbocycles. The summed E-state index contributed by atoms with van der Waals surface area (Å²) in [4.78, 5) is 18.0. The van der Waals surface area contributed by atoms with Crippen LogP contribution in [-0.2, 0) is 19.4 Å². The maximum Gasteiger partial charge on any atom is 0.257 e. The first kappa shape index (κ1) is 16.0. The average molecular weight is 349 g/mol. The van der Waals surface area contributed by atoms with E-state index in [0.717, 1.165) is 30.8 Å². The van der Waals surface area contributed by atoms with Gasteiger partial charge in [0.05, 0.1) is 0 Å². The standard InChI is InChI=1S/C20H19N3OS/c24-19(16-6-7-17-12-21-9-8-15(17)11-16)23-20-22-13-18(25-20)10-14-4-2-1-3-5-14/h1-7,11,13,21H,8-10,12H2,(H,22,23,24). The molecule has 0 bridgehead atoms. The van der Waals surface area contributed by atoms with Gasteiger partial charge in [0.15, 0.2) is 5.13 Å². The topological polar surface area (TPSA) is 54.0 Å². The predicted octanol–water partition coefficient (Wildman–Crippen LogP) is 3.63. The van der Waals surface area contributed by atoms with E-state index in [2.05, 4.69) is 27.8 Å². The number of fused-ring (bicyclic) bond motifs is 1. The summed E-state index contributed by atoms with van der Waals surface area (Å²) in [7, 11) is 0. The number of hydrogen-bond acceptors (Lipinski definition) is 4. The molecule has 0 radical (unpaired) electrons. The normalized spacial score (nSPS) is 13.3. The van der Waals surface area contributed by atoms with Gasteiger partial charge < -0.3 is 5.32 Å². The summed E-state index contributed by atoms with van der Waals surface area (Å²) in [6, 6.07) is 16.2. The summed E-state index contributed by atoms with van der Waals surface area (Å²) < 4.78 is 0. The quantitative estimate of drug-likeness (QED) is 0.756. The van der Waals surface area contributed by atoms with E-state index in [1.54, 1.807) is 0 Å². The Balaban J connectivity index is 1.44. The third-order valence-corrected chi connectivity index (χ3v) is 5.26. The first-order chi connectivity index (χ1) is 12.3. The molecule has 2 N–H and O–H groups in total. The summed E-state index contributed by atoms with van der Waals surface area (Å²) in [5.74, 6) is -0.0954. The molecule has 0 fully saturated rings. The fourth-order valence-corrected chi connectivity index (χ4v) is 3.87. The van der Waals surface area contributed by atoms with Crippen LogP contribution in [0.15, 0.2) is 54.7 Å². The van der Waals surface area contributed by atoms with Crippen molar-refractivity contribution < 1.29 is 4.79 Å². The van der Waals surface area contributed by atoms with Crippen molar-refractivity contribution in [3.63, 3.8) is 0 Å². The fraction of sp³-hybridized carbons (Fsp3) is 0.200. The smallest absolute Gasteiger partial charge is 0.257 e. The van der Waals surface area contributed by atoms with E-state index in [-0.39, 0.29) is 5.91 Å². The minimum atomic E-state index is -0.0954. The van der Waals surface area contributed by atoms with Gasteiger partial charge in [0.2, 0.25) is 0 Å². The number of benzene rings is 2. The van der Waals surface area contributed by atoms with Crippen molar-refractivity contribution in [3.8, 4) is 0 Å². The number of carbonyl (C=O) groups excluding carboxylic acids is 1. The Morgan fingerprint density at radius 3 is 2.92 bits per heavy atom. The number of nitrogens with one attached hydrogen (secondary N) is 2. The lowest BCUT2D eigenvalue weighted by atomic mass is 9.98. The van der Waals surface area contributed by atoms with E-state index in [4.69, 9.17) is 0 Å². The van der Waals surface area contributed by atoms with Crippen molar-refractivity contribution in [3.05, 3.63) is 81.9 Å². The second-order valence-electron chi connectivity index (χ2n) is 6.16. The average Bonchev–Trinajstić information content (AvgIpc) is 3.09. The molecular weight excluding hydrogens is 330 g/mol. The van der Waals surface area contributed by atoms with Crippen LogP contribution in [0.5, 0.6) is 0 Å². The van der Waals surface area contributed by atoms with Gasteiger partial charge >= 0.3 is 0 Å². The molecule has 5 heteroatoms. The van der Waals surface area contributed by atoms with Gasteiger partial charge in [0, 0.05) is 29.6 Å². The zero-order chi connectivity index (χ0) is 17.1. The number of nitrogens with zero attached hydrogens (tertiary/aromatic N) is 1. The summed E-state index contributed by atoms with van der Waals surface area (Å²) >= 11 is 1.53. The molecule has 1 aliphatic heterocycles. The lowest BCUT2D eigenvalue weighted by Gasteiger charge is -2.17. The maximum absolute atomic E-state index is 12.5. The van der Waals surface area contributed by atoms with Gasteiger partial charge in [-0.25, -0.2) is 4.98 Å². The molecule has 3 aromatic rings. The first-order valence-corrected chi connectivity index (χ1v) is 9.22. The van der Waals surface area contributed by atoms with Crippen LogP contribution in [0.1, 0.15) is 31.9 Å². The number of rotatable bonds is 4. The number of thiazole rings is 1. The number of aromatic nitrogens is 1. The Morgan fingerprint density at radius 2 is 2.04 bits per heavy atom. The molecule has 4 rings (SSSR count). The fourth-order valence-electron chi connectivity index (χ4n) is 3.03. The largest absolute Gasteiger partial charge is 0.312 e. The lowest BCUT2D eigenvalue weighted by Crippen LogP contribution is -2.24. The number of carbonyl (C=O) groups is 1. The van der Waals surface area contributed by atoms with Crippen molar-refractivity contribution >= 4 is 22.4 Å². The SMILES string of the molecule is O=C(Nc1ncc(Cc2ccccc2)s1)c1ccc2c(c1)CCNC2. The second-order valence-corrected chi connectivity index (χ2v) is 7.27. The van der Waals surface area contributed by atoms with Gasteiger partial charge in [-0.1, -0.05) is 36.4 Å². The molecule has 0 aliphatic carbocycles. The minimum Gasteiger partial charge on any atom is -0.312 e. The van der Waals surface area contributed by atoms with Crippen LogP contribution in [-0.4, -0.2) is 17.4 Å². The highest BCUT2D eigenvalue weighted by Crippen LogP contribution is 2.22. The van der Waals surface area contributed by atoms with E-state index in [0.29, 0.717) is 10.7 Å². The van der Waals surface area contributed by atoms with Crippen molar-refractivity contribution in [2.24, 2.45) is 0 Å². The van der Waals surface area contributed by atoms with E-state index in [1.807, 2.05) is 42.6 Å². The highest BCUT2D eigenvalue weighted by molar-refractivity contribution is 7.15. The van der Waals surface area contributed by atoms with Crippen LogP contribution in [0.4, 0.5) is 5.13 Å². The highest BCUT2D eigenvalue weighted by atomic mass is 32.1. The van der Waals surface area contributed by atoms with Gasteiger partial charge in [-0.05, 0) is 41.8 Å². The molecule has 0 spiro atoms. The molecule has 4 nitrogen and oxygen atoms in total. The molecule has 0 atom stereocenters. The number of amides is 1. The zero-order valence-electron chi connectivity index (χ0n) is 13.8. The van der Waals surface area contributed by atoms with E-state index in [1.165, 1.54) is 28.0 Å². The molecule has 1 aromatic heterocycles. The Morgan fingerprint density at radius 1 is 1.16 bits per heavy atom. The van der Waals surface area contributed by atoms with Gasteiger partial charge in [0.1, 0.15) is 0 Å². The van der Waals surface area contributed by atoms with Crippen molar-refractivity contribution in [1.82, 2.24) is 10.3 Å². The third kappa shape index (κ3) is 3.78. The summed E-state index contributed by atoms with van der Waals surface area (Å²) in [5.41, 5.74) is 4.48. The Kier molecular flexibility index (Phi) is 4.59. The highest BCUT2D eigenvalue weighted by Gasteiger charge is 2.14. The molecular formula is C20H19N3OS. The molecule has 1 aliphatic rings. The summed E-state index contributed by atoms with van der Waals surface area (Å²) in [5, 5.41) is 6.92. The minimum absolute atomic E-state index is 0.0954. The Bertz CT molecular complexity index is 889. The van der Waals surface area contributed by atoms with Crippen molar-refractivity contribution in [2.45, 2.75) is 19.4 Å². The molecule has 25 heavy (non-hydrogen) atoms. The molecule has 2 aromatic carbocycles. The van der Waals surface area contributed by atoms with Crippen LogP contribution in [0.2, 0.25) is 0 Å². The first-order valence-electron chi connectivity index (χ1n) is 8.40. The monoisotopic (exact) mass is 349 g/mol. The van der Waals surface area contributed by atoms with Crippen LogP contribution in [0.25, 0.3) is 0 Å². The predicted molar refractivity (Wildman–Crippen MR) is 101 cm³/mol. The van der Waals surface area contributed by atoms with Gasteiger partial charge in [0.25, 0.3) is 5.91 Å². The third-order valence-electron chi connectivity index (χ3n) is 4.35. The summed E-state index contributed by atoms with van der Waals surface area (Å²) in [6.07, 6.45) is 3.64. The van der Waals surface area contributed by atoms with Crippen LogP contribution in [0.3, 0.4) is 0 Å². The van der Waals surface area contributed by atoms with Crippen LogP contribution in [0, 0.1) is 0 Å². The Hall–Kier alpha value is -2.50. The van der Waals surface area contributed by atoms with Crippen LogP contribution >= 0.6 is 11.3 Å². The Labute approximate surface area is 150 Å².